The van der Waals surface area contributed by atoms with E-state index in [9.17, 15) is 4.79 Å². The Morgan fingerprint density at radius 3 is 2.59 bits per heavy atom. The number of hydrogen-bond acceptors (Lipinski definition) is 6. The lowest BCUT2D eigenvalue weighted by atomic mass is 10.0. The number of aromatic nitrogens is 3. The molecule has 8 heteroatoms. The van der Waals surface area contributed by atoms with Gasteiger partial charge >= 0.3 is 0 Å². The number of carbonyl (C=O) groups is 1. The fraction of sp³-hybridized carbons (Fsp3) is 0.192. The number of rotatable bonds is 6. The highest BCUT2D eigenvalue weighted by Gasteiger charge is 2.38. The highest BCUT2D eigenvalue weighted by atomic mass is 32.2. The van der Waals surface area contributed by atoms with Gasteiger partial charge in [-0.15, -0.1) is 10.2 Å². The molecular formula is C26H25N5O2S. The molecule has 2 unspecified atom stereocenters. The lowest BCUT2D eigenvalue weighted by molar-refractivity contribution is -0.116. The Kier molecular flexibility index (Phi) is 6.22. The van der Waals surface area contributed by atoms with Crippen LogP contribution in [0.2, 0.25) is 0 Å². The molecule has 0 spiro atoms. The first-order chi connectivity index (χ1) is 16.6. The predicted octanol–water partition coefficient (Wildman–Crippen LogP) is 5.05. The van der Waals surface area contributed by atoms with Crippen LogP contribution in [0.5, 0.6) is 5.75 Å². The van der Waals surface area contributed by atoms with E-state index in [1.54, 1.807) is 0 Å². The molecule has 2 N–H and O–H groups in total. The van der Waals surface area contributed by atoms with Gasteiger partial charge in [0.2, 0.25) is 11.1 Å². The number of ether oxygens (including phenoxy) is 1. The van der Waals surface area contributed by atoms with Crippen LogP contribution in [0.1, 0.15) is 24.1 Å². The molecule has 0 saturated carbocycles. The number of carbonyl (C=O) groups excluding carboxylic acids is 1. The van der Waals surface area contributed by atoms with Gasteiger partial charge in [-0.25, -0.2) is 4.68 Å². The molecule has 0 radical (unpaired) electrons. The van der Waals surface area contributed by atoms with E-state index in [2.05, 4.69) is 20.9 Å². The van der Waals surface area contributed by atoms with E-state index in [1.807, 2.05) is 97.4 Å². The Labute approximate surface area is 202 Å². The Morgan fingerprint density at radius 2 is 1.85 bits per heavy atom. The molecule has 0 aliphatic carbocycles. The summed E-state index contributed by atoms with van der Waals surface area (Å²) in [6, 6.07) is 25.2. The third kappa shape index (κ3) is 4.49. The van der Waals surface area contributed by atoms with Crippen molar-refractivity contribution in [1.82, 2.24) is 14.9 Å². The number of amides is 1. The van der Waals surface area contributed by atoms with Crippen molar-refractivity contribution in [3.63, 3.8) is 0 Å². The summed E-state index contributed by atoms with van der Waals surface area (Å²) in [6.07, 6.45) is 0. The highest BCUT2D eigenvalue weighted by Crippen LogP contribution is 2.39. The lowest BCUT2D eigenvalue weighted by Gasteiger charge is -2.33. The fourth-order valence-electron chi connectivity index (χ4n) is 3.95. The number of aryl methyl sites for hydroxylation is 1. The van der Waals surface area contributed by atoms with Crippen molar-refractivity contribution in [2.45, 2.75) is 30.3 Å². The van der Waals surface area contributed by atoms with E-state index < -0.39 is 5.25 Å². The molecule has 1 aromatic heterocycles. The maximum absolute atomic E-state index is 13.5. The second-order valence-corrected chi connectivity index (χ2v) is 9.12. The molecule has 7 nitrogen and oxygen atoms in total. The molecule has 172 valence electrons. The summed E-state index contributed by atoms with van der Waals surface area (Å²) in [4.78, 5) is 13.5. The summed E-state index contributed by atoms with van der Waals surface area (Å²) >= 11 is 1.41. The Balaban J connectivity index is 1.50. The van der Waals surface area contributed by atoms with Crippen molar-refractivity contribution in [1.29, 1.82) is 0 Å². The van der Waals surface area contributed by atoms with Crippen molar-refractivity contribution in [2.75, 3.05) is 17.3 Å². The van der Waals surface area contributed by atoms with Gasteiger partial charge in [0, 0.05) is 11.3 Å². The molecule has 3 aromatic carbocycles. The average molecular weight is 472 g/mol. The van der Waals surface area contributed by atoms with Gasteiger partial charge in [0.05, 0.1) is 12.6 Å². The molecule has 5 rings (SSSR count). The third-order valence-electron chi connectivity index (χ3n) is 5.56. The van der Waals surface area contributed by atoms with Crippen molar-refractivity contribution in [3.8, 4) is 17.1 Å². The topological polar surface area (TPSA) is 81.1 Å². The zero-order valence-corrected chi connectivity index (χ0v) is 19.8. The second-order valence-electron chi connectivity index (χ2n) is 8.01. The van der Waals surface area contributed by atoms with Crippen LogP contribution in [0.4, 0.5) is 5.69 Å². The van der Waals surface area contributed by atoms with Gasteiger partial charge < -0.3 is 15.5 Å². The molecule has 0 bridgehead atoms. The van der Waals surface area contributed by atoms with E-state index in [0.717, 1.165) is 28.1 Å². The summed E-state index contributed by atoms with van der Waals surface area (Å²) < 4.78 is 7.48. The minimum absolute atomic E-state index is 0.0995. The molecule has 1 aliphatic heterocycles. The molecule has 1 aliphatic rings. The number of anilines is 1. The molecular weight excluding hydrogens is 446 g/mol. The maximum Gasteiger partial charge on any atom is 0.240 e. The molecule has 0 saturated heterocycles. The first kappa shape index (κ1) is 22.0. The monoisotopic (exact) mass is 471 g/mol. The van der Waals surface area contributed by atoms with Gasteiger partial charge in [-0.2, -0.15) is 0 Å². The van der Waals surface area contributed by atoms with Crippen LogP contribution in [0.3, 0.4) is 0 Å². The zero-order valence-electron chi connectivity index (χ0n) is 18.9. The van der Waals surface area contributed by atoms with Crippen LogP contribution in [0, 0.1) is 6.92 Å². The normalized spacial score (nSPS) is 16.9. The quantitative estimate of drug-likeness (QED) is 0.410. The van der Waals surface area contributed by atoms with E-state index in [0.29, 0.717) is 17.6 Å². The van der Waals surface area contributed by atoms with Gasteiger partial charge in [0.1, 0.15) is 11.0 Å². The number of hydrogen-bond donors (Lipinski definition) is 2. The minimum atomic E-state index is -0.459. The summed E-state index contributed by atoms with van der Waals surface area (Å²) in [7, 11) is 0. The number of nitrogens with zero attached hydrogens (tertiary/aromatic N) is 3. The molecule has 34 heavy (non-hydrogen) atoms. The molecule has 2 atom stereocenters. The van der Waals surface area contributed by atoms with Crippen LogP contribution in [0.25, 0.3) is 11.4 Å². The van der Waals surface area contributed by atoms with Crippen LogP contribution in [-0.4, -0.2) is 32.6 Å². The minimum Gasteiger partial charge on any atom is -0.494 e. The third-order valence-corrected chi connectivity index (χ3v) is 6.78. The van der Waals surface area contributed by atoms with Gasteiger partial charge in [-0.1, -0.05) is 66.4 Å². The van der Waals surface area contributed by atoms with Crippen molar-refractivity contribution >= 4 is 23.4 Å². The van der Waals surface area contributed by atoms with Gasteiger partial charge in [-0.05, 0) is 49.2 Å². The smallest absolute Gasteiger partial charge is 0.240 e. The predicted molar refractivity (Wildman–Crippen MR) is 135 cm³/mol. The van der Waals surface area contributed by atoms with E-state index in [-0.39, 0.29) is 11.9 Å². The number of benzene rings is 3. The average Bonchev–Trinajstić information content (AvgIpc) is 3.27. The maximum atomic E-state index is 13.5. The second kappa shape index (κ2) is 9.61. The van der Waals surface area contributed by atoms with Gasteiger partial charge in [0.25, 0.3) is 0 Å². The van der Waals surface area contributed by atoms with E-state index in [4.69, 9.17) is 4.74 Å². The molecule has 0 fully saturated rings. The summed E-state index contributed by atoms with van der Waals surface area (Å²) in [5, 5.41) is 12.0. The van der Waals surface area contributed by atoms with Crippen LogP contribution < -0.4 is 15.5 Å². The lowest BCUT2D eigenvalue weighted by Crippen LogP contribution is -2.41. The number of nitrogens with one attached hydrogen (secondary N) is 2. The van der Waals surface area contributed by atoms with Gasteiger partial charge in [-0.3, -0.25) is 4.79 Å². The van der Waals surface area contributed by atoms with Crippen LogP contribution in [-0.2, 0) is 4.79 Å². The summed E-state index contributed by atoms with van der Waals surface area (Å²) in [6.45, 7) is 4.56. The van der Waals surface area contributed by atoms with E-state index in [1.165, 1.54) is 11.8 Å². The van der Waals surface area contributed by atoms with E-state index >= 15 is 0 Å². The first-order valence-electron chi connectivity index (χ1n) is 11.2. The van der Waals surface area contributed by atoms with Crippen LogP contribution >= 0.6 is 11.8 Å². The highest BCUT2D eigenvalue weighted by molar-refractivity contribution is 8.00. The summed E-state index contributed by atoms with van der Waals surface area (Å²) in [5.74, 6) is 1.40. The Bertz CT molecular complexity index is 1290. The zero-order chi connectivity index (χ0) is 23.5. The standard InChI is InChI=1S/C26H25N5O2S/c1-3-33-21-14-12-18(13-15-21)22-23(25(32)27-20-11-7-8-17(2)16-20)34-26-29-28-24(31(26)30-22)19-9-5-4-6-10-19/h4-16,22-23,30H,3H2,1-2H3,(H,27,32). The van der Waals surface area contributed by atoms with Crippen molar-refractivity contribution in [2.24, 2.45) is 0 Å². The van der Waals surface area contributed by atoms with Gasteiger partial charge in [0.15, 0.2) is 5.82 Å². The first-order valence-corrected chi connectivity index (χ1v) is 12.0. The Hall–Kier alpha value is -3.78. The largest absolute Gasteiger partial charge is 0.494 e. The number of fused-ring (bicyclic) bond motifs is 1. The molecule has 4 aromatic rings. The van der Waals surface area contributed by atoms with Crippen molar-refractivity contribution < 1.29 is 9.53 Å². The van der Waals surface area contributed by atoms with Crippen LogP contribution in [0.15, 0.2) is 84.0 Å². The molecule has 2 heterocycles. The van der Waals surface area contributed by atoms with Crippen molar-refractivity contribution in [3.05, 3.63) is 90.0 Å². The fourth-order valence-corrected chi connectivity index (χ4v) is 5.03. The Morgan fingerprint density at radius 1 is 1.06 bits per heavy atom. The summed E-state index contributed by atoms with van der Waals surface area (Å²) in [5.41, 5.74) is 7.28. The molecule has 1 amide bonds. The number of thioether (sulfide) groups is 1. The SMILES string of the molecule is CCOc1ccc(C2Nn3c(nnc3-c3ccccc3)SC2C(=O)Nc2cccc(C)c2)cc1.